The summed E-state index contributed by atoms with van der Waals surface area (Å²) >= 11 is 1.61. The van der Waals surface area contributed by atoms with Crippen LogP contribution in [-0.2, 0) is 0 Å². The molecule has 0 aliphatic rings. The van der Waals surface area contributed by atoms with Crippen LogP contribution >= 0.6 is 11.8 Å². The van der Waals surface area contributed by atoms with Crippen molar-refractivity contribution >= 4 is 22.8 Å². The van der Waals surface area contributed by atoms with Crippen molar-refractivity contribution in [3.63, 3.8) is 0 Å². The second-order valence-electron chi connectivity index (χ2n) is 2.29. The molecule has 0 bridgehead atoms. The molecule has 12 heavy (non-hydrogen) atoms. The second-order valence-corrected chi connectivity index (χ2v) is 3.12. The highest BCUT2D eigenvalue weighted by Crippen LogP contribution is 2.14. The van der Waals surface area contributed by atoms with E-state index < -0.39 is 0 Å². The highest BCUT2D eigenvalue weighted by molar-refractivity contribution is 7.98. The molecule has 0 fully saturated rings. The van der Waals surface area contributed by atoms with Crippen LogP contribution in [0.4, 0.5) is 0 Å². The number of hydrogen-bond donors (Lipinski definition) is 0. The maximum Gasteiger partial charge on any atom is 0.163 e. The number of nitrogens with zero attached hydrogens (tertiary/aromatic N) is 3. The fourth-order valence-electron chi connectivity index (χ4n) is 0.961. The van der Waals surface area contributed by atoms with Crippen LogP contribution < -0.4 is 0 Å². The van der Waals surface area contributed by atoms with Crippen molar-refractivity contribution in [2.75, 3.05) is 6.26 Å². The van der Waals surface area contributed by atoms with Gasteiger partial charge < -0.3 is 0 Å². The topological polar surface area (TPSA) is 38.7 Å². The Kier molecular flexibility index (Phi) is 1.91. The van der Waals surface area contributed by atoms with Crippen molar-refractivity contribution in [3.8, 4) is 0 Å². The minimum atomic E-state index is 0.761. The zero-order chi connectivity index (χ0) is 8.39. The Morgan fingerprint density at radius 3 is 3.08 bits per heavy atom. The standard InChI is InChI=1S/C8H7N3S/c1-12-7-3-2-6-4-9-5-10-8(6)11-7/h2-5H,1H3. The molecule has 0 unspecified atom stereocenters. The van der Waals surface area contributed by atoms with Gasteiger partial charge in [-0.1, -0.05) is 0 Å². The third-order valence-electron chi connectivity index (χ3n) is 1.55. The molecule has 0 saturated carbocycles. The summed E-state index contributed by atoms with van der Waals surface area (Å²) in [5.41, 5.74) is 0.761. The SMILES string of the molecule is CSc1ccc2cncnc2n1. The zero-order valence-corrected chi connectivity index (χ0v) is 7.38. The van der Waals surface area contributed by atoms with Gasteiger partial charge in [0.2, 0.25) is 0 Å². The number of pyridine rings is 1. The van der Waals surface area contributed by atoms with E-state index in [4.69, 9.17) is 0 Å². The smallest absolute Gasteiger partial charge is 0.163 e. The summed E-state index contributed by atoms with van der Waals surface area (Å²) in [7, 11) is 0. The predicted molar refractivity (Wildman–Crippen MR) is 49.1 cm³/mol. The van der Waals surface area contributed by atoms with Gasteiger partial charge in [0, 0.05) is 11.6 Å². The molecular formula is C8H7N3S. The van der Waals surface area contributed by atoms with Gasteiger partial charge in [-0.05, 0) is 18.4 Å². The number of fused-ring (bicyclic) bond motifs is 1. The molecule has 0 aliphatic heterocycles. The van der Waals surface area contributed by atoms with Crippen LogP contribution in [0.15, 0.2) is 29.7 Å². The van der Waals surface area contributed by atoms with Gasteiger partial charge in [0.05, 0.1) is 5.03 Å². The van der Waals surface area contributed by atoms with E-state index in [9.17, 15) is 0 Å². The Labute approximate surface area is 74.3 Å². The molecule has 2 aromatic rings. The molecular weight excluding hydrogens is 170 g/mol. The average molecular weight is 177 g/mol. The molecule has 0 saturated heterocycles. The molecule has 0 aliphatic carbocycles. The van der Waals surface area contributed by atoms with Gasteiger partial charge in [-0.2, -0.15) is 0 Å². The third-order valence-corrected chi connectivity index (χ3v) is 2.19. The van der Waals surface area contributed by atoms with Gasteiger partial charge in [-0.25, -0.2) is 15.0 Å². The first-order chi connectivity index (χ1) is 5.90. The molecule has 0 spiro atoms. The van der Waals surface area contributed by atoms with Crippen LogP contribution in [0.1, 0.15) is 0 Å². The molecule has 2 aromatic heterocycles. The number of thioether (sulfide) groups is 1. The summed E-state index contributed by atoms with van der Waals surface area (Å²) in [6.07, 6.45) is 5.27. The number of hydrogen-bond acceptors (Lipinski definition) is 4. The highest BCUT2D eigenvalue weighted by Gasteiger charge is 1.96. The largest absolute Gasteiger partial charge is 0.244 e. The first-order valence-corrected chi connectivity index (χ1v) is 4.73. The maximum atomic E-state index is 4.31. The Morgan fingerprint density at radius 2 is 2.25 bits per heavy atom. The lowest BCUT2D eigenvalue weighted by atomic mass is 10.3. The monoisotopic (exact) mass is 177 g/mol. The van der Waals surface area contributed by atoms with Gasteiger partial charge in [0.1, 0.15) is 6.33 Å². The lowest BCUT2D eigenvalue weighted by Gasteiger charge is -1.96. The van der Waals surface area contributed by atoms with Crippen molar-refractivity contribution in [3.05, 3.63) is 24.7 Å². The Hall–Kier alpha value is -1.16. The lowest BCUT2D eigenvalue weighted by molar-refractivity contribution is 1.11. The molecule has 3 nitrogen and oxygen atoms in total. The van der Waals surface area contributed by atoms with Gasteiger partial charge >= 0.3 is 0 Å². The molecule has 2 heterocycles. The Bertz CT molecular complexity index is 402. The minimum Gasteiger partial charge on any atom is -0.244 e. The van der Waals surface area contributed by atoms with Gasteiger partial charge in [-0.3, -0.25) is 0 Å². The van der Waals surface area contributed by atoms with E-state index in [-0.39, 0.29) is 0 Å². The minimum absolute atomic E-state index is 0.761. The quantitative estimate of drug-likeness (QED) is 0.622. The molecule has 0 atom stereocenters. The van der Waals surface area contributed by atoms with Crippen molar-refractivity contribution in [2.45, 2.75) is 5.03 Å². The summed E-state index contributed by atoms with van der Waals surface area (Å²) < 4.78 is 0. The van der Waals surface area contributed by atoms with Gasteiger partial charge in [0.15, 0.2) is 5.65 Å². The summed E-state index contributed by atoms with van der Waals surface area (Å²) in [6.45, 7) is 0. The number of rotatable bonds is 1. The van der Waals surface area contributed by atoms with E-state index in [1.165, 1.54) is 6.33 Å². The maximum absolute atomic E-state index is 4.31. The molecule has 4 heteroatoms. The molecule has 0 amide bonds. The third kappa shape index (κ3) is 1.25. The molecule has 0 radical (unpaired) electrons. The van der Waals surface area contributed by atoms with Crippen LogP contribution in [0.2, 0.25) is 0 Å². The van der Waals surface area contributed by atoms with E-state index in [1.807, 2.05) is 18.4 Å². The van der Waals surface area contributed by atoms with Gasteiger partial charge in [0.25, 0.3) is 0 Å². The normalized spacial score (nSPS) is 10.4. The predicted octanol–water partition coefficient (Wildman–Crippen LogP) is 1.75. The first kappa shape index (κ1) is 7.49. The fourth-order valence-corrected chi connectivity index (χ4v) is 1.34. The van der Waals surface area contributed by atoms with E-state index in [2.05, 4.69) is 15.0 Å². The van der Waals surface area contributed by atoms with Crippen molar-refractivity contribution < 1.29 is 0 Å². The second kappa shape index (κ2) is 3.06. The van der Waals surface area contributed by atoms with Crippen molar-refractivity contribution in [1.82, 2.24) is 15.0 Å². The first-order valence-electron chi connectivity index (χ1n) is 3.51. The van der Waals surface area contributed by atoms with Crippen LogP contribution in [0.5, 0.6) is 0 Å². The summed E-state index contributed by atoms with van der Waals surface area (Å²) in [4.78, 5) is 12.3. The molecule has 0 N–H and O–H groups in total. The van der Waals surface area contributed by atoms with Crippen molar-refractivity contribution in [1.29, 1.82) is 0 Å². The Morgan fingerprint density at radius 1 is 1.33 bits per heavy atom. The molecule has 60 valence electrons. The molecule has 2 rings (SSSR count). The van der Waals surface area contributed by atoms with Crippen LogP contribution in [0, 0.1) is 0 Å². The fraction of sp³-hybridized carbons (Fsp3) is 0.125. The van der Waals surface area contributed by atoms with Crippen LogP contribution in [0.25, 0.3) is 11.0 Å². The van der Waals surface area contributed by atoms with E-state index in [0.717, 1.165) is 16.1 Å². The van der Waals surface area contributed by atoms with Crippen LogP contribution in [-0.4, -0.2) is 21.2 Å². The summed E-state index contributed by atoms with van der Waals surface area (Å²) in [5, 5.41) is 1.97. The summed E-state index contributed by atoms with van der Waals surface area (Å²) in [6, 6.07) is 3.95. The van der Waals surface area contributed by atoms with E-state index in [1.54, 1.807) is 18.0 Å². The number of aromatic nitrogens is 3. The average Bonchev–Trinajstić information content (AvgIpc) is 2.17. The van der Waals surface area contributed by atoms with E-state index in [0.29, 0.717) is 0 Å². The summed E-state index contributed by atoms with van der Waals surface area (Å²) in [5.74, 6) is 0. The van der Waals surface area contributed by atoms with Crippen molar-refractivity contribution in [2.24, 2.45) is 0 Å². The Balaban J connectivity index is 2.67. The van der Waals surface area contributed by atoms with E-state index >= 15 is 0 Å². The molecule has 0 aromatic carbocycles. The highest BCUT2D eigenvalue weighted by atomic mass is 32.2. The lowest BCUT2D eigenvalue weighted by Crippen LogP contribution is -1.86. The van der Waals surface area contributed by atoms with Crippen LogP contribution in [0.3, 0.4) is 0 Å². The zero-order valence-electron chi connectivity index (χ0n) is 6.56. The van der Waals surface area contributed by atoms with Gasteiger partial charge in [-0.15, -0.1) is 11.8 Å².